The fourth-order valence-corrected chi connectivity index (χ4v) is 1.74. The second-order valence-corrected chi connectivity index (χ2v) is 3.78. The molecule has 0 aromatic heterocycles. The molecule has 0 aliphatic heterocycles. The Morgan fingerprint density at radius 2 is 1.95 bits per heavy atom. The molecule has 1 aromatic rings. The highest BCUT2D eigenvalue weighted by molar-refractivity contribution is 5.92. The van der Waals surface area contributed by atoms with E-state index in [1.807, 2.05) is 0 Å². The summed E-state index contributed by atoms with van der Waals surface area (Å²) in [6, 6.07) is 5.12. The van der Waals surface area contributed by atoms with Crippen molar-refractivity contribution in [3.8, 4) is 5.75 Å². The molecule has 104 valence electrons. The van der Waals surface area contributed by atoms with E-state index in [4.69, 9.17) is 9.47 Å². The van der Waals surface area contributed by atoms with Gasteiger partial charge in [-0.2, -0.15) is 0 Å². The Balaban J connectivity index is 3.02. The molecule has 0 radical (unpaired) electrons. The van der Waals surface area contributed by atoms with E-state index in [0.29, 0.717) is 29.9 Å². The smallest absolute Gasteiger partial charge is 0.338 e. The number of rotatable bonds is 6. The normalized spacial score (nSPS) is 9.84. The molecule has 0 atom stereocenters. The molecule has 0 saturated heterocycles. The first-order chi connectivity index (χ1) is 9.13. The Kier molecular flexibility index (Phi) is 5.85. The van der Waals surface area contributed by atoms with Gasteiger partial charge in [-0.3, -0.25) is 4.79 Å². The van der Waals surface area contributed by atoms with E-state index in [0.717, 1.165) is 0 Å². The van der Waals surface area contributed by atoms with Gasteiger partial charge in [-0.05, 0) is 25.5 Å². The van der Waals surface area contributed by atoms with Crippen LogP contribution in [0.2, 0.25) is 0 Å². The van der Waals surface area contributed by atoms with Gasteiger partial charge in [0, 0.05) is 12.0 Å². The number of benzene rings is 1. The molecule has 0 aliphatic carbocycles. The second kappa shape index (κ2) is 7.41. The van der Waals surface area contributed by atoms with E-state index in [1.54, 1.807) is 25.1 Å². The van der Waals surface area contributed by atoms with E-state index in [2.05, 4.69) is 4.74 Å². The minimum absolute atomic E-state index is 0.184. The molecular formula is C14H18O5. The Labute approximate surface area is 112 Å². The molecule has 0 bridgehead atoms. The third kappa shape index (κ3) is 3.98. The Morgan fingerprint density at radius 1 is 1.21 bits per heavy atom. The van der Waals surface area contributed by atoms with Crippen molar-refractivity contribution in [1.29, 1.82) is 0 Å². The number of carbonyl (C=O) groups excluding carboxylic acids is 2. The van der Waals surface area contributed by atoms with Gasteiger partial charge < -0.3 is 14.2 Å². The molecule has 0 spiro atoms. The lowest BCUT2D eigenvalue weighted by Crippen LogP contribution is -2.11. The molecule has 19 heavy (non-hydrogen) atoms. The zero-order valence-corrected chi connectivity index (χ0v) is 11.4. The first kappa shape index (κ1) is 15.0. The predicted molar refractivity (Wildman–Crippen MR) is 69.3 cm³/mol. The van der Waals surface area contributed by atoms with Crippen molar-refractivity contribution in [2.24, 2.45) is 0 Å². The maximum Gasteiger partial charge on any atom is 0.338 e. The van der Waals surface area contributed by atoms with Crippen molar-refractivity contribution >= 4 is 11.9 Å². The van der Waals surface area contributed by atoms with Gasteiger partial charge >= 0.3 is 11.9 Å². The molecule has 0 unspecified atom stereocenters. The summed E-state index contributed by atoms with van der Waals surface area (Å²) in [5, 5.41) is 0. The number of esters is 2. The quantitative estimate of drug-likeness (QED) is 0.737. The molecule has 0 fully saturated rings. The van der Waals surface area contributed by atoms with E-state index < -0.39 is 5.97 Å². The molecule has 0 N–H and O–H groups in total. The van der Waals surface area contributed by atoms with Crippen LogP contribution >= 0.6 is 0 Å². The highest BCUT2D eigenvalue weighted by atomic mass is 16.5. The number of ether oxygens (including phenoxy) is 3. The molecule has 0 amide bonds. The lowest BCUT2D eigenvalue weighted by molar-refractivity contribution is -0.140. The van der Waals surface area contributed by atoms with Gasteiger partial charge in [-0.1, -0.05) is 6.07 Å². The maximum absolute atomic E-state index is 11.9. The Morgan fingerprint density at radius 3 is 2.53 bits per heavy atom. The summed E-state index contributed by atoms with van der Waals surface area (Å²) in [4.78, 5) is 23.1. The fourth-order valence-electron chi connectivity index (χ4n) is 1.74. The lowest BCUT2D eigenvalue weighted by Gasteiger charge is -2.12. The number of carbonyl (C=O) groups is 2. The van der Waals surface area contributed by atoms with Crippen LogP contribution in [0.25, 0.3) is 0 Å². The summed E-state index contributed by atoms with van der Waals surface area (Å²) in [7, 11) is 2.85. The summed E-state index contributed by atoms with van der Waals surface area (Å²) in [6.07, 6.45) is 0.550. The predicted octanol–water partition coefficient (Wildman–Crippen LogP) is 1.98. The van der Waals surface area contributed by atoms with Crippen molar-refractivity contribution < 1.29 is 23.8 Å². The monoisotopic (exact) mass is 266 g/mol. The van der Waals surface area contributed by atoms with Crippen LogP contribution in [0.1, 0.15) is 29.3 Å². The minimum Gasteiger partial charge on any atom is -0.496 e. The highest BCUT2D eigenvalue weighted by Gasteiger charge is 2.17. The third-order valence-electron chi connectivity index (χ3n) is 2.66. The summed E-state index contributed by atoms with van der Waals surface area (Å²) in [5.74, 6) is -0.184. The summed E-state index contributed by atoms with van der Waals surface area (Å²) in [6.45, 7) is 2.04. The number of hydrogen-bond donors (Lipinski definition) is 0. The number of hydrogen-bond acceptors (Lipinski definition) is 5. The van der Waals surface area contributed by atoms with Gasteiger partial charge in [0.05, 0.1) is 26.4 Å². The average molecular weight is 266 g/mol. The van der Waals surface area contributed by atoms with Crippen LogP contribution in [-0.4, -0.2) is 32.8 Å². The van der Waals surface area contributed by atoms with Crippen LogP contribution in [0.5, 0.6) is 5.75 Å². The molecule has 1 rings (SSSR count). The van der Waals surface area contributed by atoms with E-state index in [9.17, 15) is 9.59 Å². The average Bonchev–Trinajstić information content (AvgIpc) is 2.44. The van der Waals surface area contributed by atoms with Gasteiger partial charge in [0.15, 0.2) is 0 Å². The maximum atomic E-state index is 11.9. The van der Waals surface area contributed by atoms with Gasteiger partial charge in [0.25, 0.3) is 0 Å². The van der Waals surface area contributed by atoms with Gasteiger partial charge in [0.2, 0.25) is 0 Å². The number of methoxy groups -OCH3 is 2. The molecular weight excluding hydrogens is 248 g/mol. The lowest BCUT2D eigenvalue weighted by atomic mass is 10.0. The molecule has 5 nitrogen and oxygen atoms in total. The molecule has 0 heterocycles. The minimum atomic E-state index is -0.415. The standard InChI is InChI=1S/C14H18O5/c1-4-19-14(16)11-6-5-7-12(17-2)10(11)8-9-13(15)18-3/h5-7H,4,8-9H2,1-3H3. The van der Waals surface area contributed by atoms with Crippen LogP contribution in [-0.2, 0) is 20.7 Å². The van der Waals surface area contributed by atoms with Gasteiger partial charge in [0.1, 0.15) is 5.75 Å². The largest absolute Gasteiger partial charge is 0.496 e. The van der Waals surface area contributed by atoms with Crippen LogP contribution < -0.4 is 4.74 Å². The van der Waals surface area contributed by atoms with Crippen molar-refractivity contribution in [2.45, 2.75) is 19.8 Å². The van der Waals surface area contributed by atoms with Crippen LogP contribution in [0.15, 0.2) is 18.2 Å². The van der Waals surface area contributed by atoms with Crippen LogP contribution in [0, 0.1) is 0 Å². The molecule has 0 aliphatic rings. The summed E-state index contributed by atoms with van der Waals surface area (Å²) >= 11 is 0. The van der Waals surface area contributed by atoms with Crippen LogP contribution in [0.3, 0.4) is 0 Å². The third-order valence-corrected chi connectivity index (χ3v) is 2.66. The second-order valence-electron chi connectivity index (χ2n) is 3.78. The van der Waals surface area contributed by atoms with Crippen molar-refractivity contribution in [3.63, 3.8) is 0 Å². The fraction of sp³-hybridized carbons (Fsp3) is 0.429. The zero-order chi connectivity index (χ0) is 14.3. The van der Waals surface area contributed by atoms with Gasteiger partial charge in [-0.15, -0.1) is 0 Å². The first-order valence-corrected chi connectivity index (χ1v) is 6.03. The summed E-state index contributed by atoms with van der Waals surface area (Å²) < 4.78 is 14.8. The topological polar surface area (TPSA) is 61.8 Å². The van der Waals surface area contributed by atoms with E-state index in [-0.39, 0.29) is 12.4 Å². The molecule has 0 saturated carbocycles. The highest BCUT2D eigenvalue weighted by Crippen LogP contribution is 2.24. The summed E-state index contributed by atoms with van der Waals surface area (Å²) in [5.41, 5.74) is 1.08. The first-order valence-electron chi connectivity index (χ1n) is 6.03. The van der Waals surface area contributed by atoms with Gasteiger partial charge in [-0.25, -0.2) is 4.79 Å². The molecule has 1 aromatic carbocycles. The van der Waals surface area contributed by atoms with Crippen molar-refractivity contribution in [1.82, 2.24) is 0 Å². The molecule has 5 heteroatoms. The zero-order valence-electron chi connectivity index (χ0n) is 11.4. The van der Waals surface area contributed by atoms with Crippen molar-refractivity contribution in [3.05, 3.63) is 29.3 Å². The Bertz CT molecular complexity index is 453. The Hall–Kier alpha value is -2.04. The van der Waals surface area contributed by atoms with Crippen LogP contribution in [0.4, 0.5) is 0 Å². The SMILES string of the molecule is CCOC(=O)c1cccc(OC)c1CCC(=O)OC. The van der Waals surface area contributed by atoms with E-state index in [1.165, 1.54) is 14.2 Å². The van der Waals surface area contributed by atoms with Crippen molar-refractivity contribution in [2.75, 3.05) is 20.8 Å². The van der Waals surface area contributed by atoms with E-state index >= 15 is 0 Å².